The fourth-order valence-electron chi connectivity index (χ4n) is 1.47. The Kier molecular flexibility index (Phi) is 3.17. The van der Waals surface area contributed by atoms with E-state index in [1.54, 1.807) is 20.8 Å². The van der Waals surface area contributed by atoms with Crippen LogP contribution >= 0.6 is 0 Å². The maximum atomic E-state index is 11.5. The van der Waals surface area contributed by atoms with E-state index in [9.17, 15) is 9.59 Å². The van der Waals surface area contributed by atoms with Crippen molar-refractivity contribution in [2.24, 2.45) is 5.92 Å². The van der Waals surface area contributed by atoms with Crippen molar-refractivity contribution >= 4 is 12.1 Å². The Labute approximate surface area is 95.5 Å². The second-order valence-corrected chi connectivity index (χ2v) is 5.22. The van der Waals surface area contributed by atoms with Gasteiger partial charge in [-0.15, -0.1) is 0 Å². The molecule has 1 saturated carbocycles. The fraction of sp³-hybridized carbons (Fsp3) is 0.818. The molecule has 0 spiro atoms. The first-order valence-corrected chi connectivity index (χ1v) is 5.35. The fourth-order valence-corrected chi connectivity index (χ4v) is 1.47. The van der Waals surface area contributed by atoms with Crippen LogP contribution in [0.4, 0.5) is 4.79 Å². The van der Waals surface area contributed by atoms with Gasteiger partial charge in [0.2, 0.25) is 0 Å². The molecule has 16 heavy (non-hydrogen) atoms. The van der Waals surface area contributed by atoms with Gasteiger partial charge in [-0.25, -0.2) is 4.79 Å². The molecule has 1 aliphatic carbocycles. The molecule has 5 nitrogen and oxygen atoms in total. The molecule has 0 aromatic carbocycles. The first-order valence-electron chi connectivity index (χ1n) is 5.35. The van der Waals surface area contributed by atoms with E-state index in [1.165, 1.54) is 6.92 Å². The van der Waals surface area contributed by atoms with E-state index in [0.717, 1.165) is 0 Å². The number of alkyl carbamates (subject to hydrolysis) is 1. The second-order valence-electron chi connectivity index (χ2n) is 5.22. The number of carbonyl (C=O) groups excluding carboxylic acids is 2. The zero-order chi connectivity index (χ0) is 12.6. The van der Waals surface area contributed by atoms with Crippen molar-refractivity contribution in [3.05, 3.63) is 0 Å². The molecule has 1 fully saturated rings. The molecule has 0 aromatic rings. The Bertz CT molecular complexity index is 308. The molecule has 1 amide bonds. The number of esters is 1. The average Bonchev–Trinajstić information content (AvgIpc) is 2.52. The van der Waals surface area contributed by atoms with Crippen LogP contribution in [-0.4, -0.2) is 23.4 Å². The van der Waals surface area contributed by atoms with Gasteiger partial charge in [-0.1, -0.05) is 6.92 Å². The van der Waals surface area contributed by atoms with Gasteiger partial charge < -0.3 is 9.47 Å². The topological polar surface area (TPSA) is 64.6 Å². The predicted octanol–water partition coefficient (Wildman–Crippen LogP) is 1.81. The summed E-state index contributed by atoms with van der Waals surface area (Å²) in [6, 6.07) is 0. The third-order valence-electron chi connectivity index (χ3n) is 2.28. The van der Waals surface area contributed by atoms with Crippen LogP contribution < -0.4 is 5.32 Å². The standard InChI is InChI=1S/C11H19NO4/c1-7-6-11(7,15-8(2)13)12-9(14)16-10(3,4)5/h7H,6H2,1-5H3,(H,12,14). The van der Waals surface area contributed by atoms with Crippen molar-refractivity contribution in [2.75, 3.05) is 0 Å². The largest absolute Gasteiger partial charge is 0.444 e. The van der Waals surface area contributed by atoms with Gasteiger partial charge in [-0.3, -0.25) is 10.1 Å². The molecule has 2 atom stereocenters. The van der Waals surface area contributed by atoms with Crippen LogP contribution in [0.5, 0.6) is 0 Å². The molecule has 0 saturated heterocycles. The number of rotatable bonds is 2. The monoisotopic (exact) mass is 229 g/mol. The Morgan fingerprint density at radius 3 is 2.19 bits per heavy atom. The lowest BCUT2D eigenvalue weighted by Crippen LogP contribution is -2.44. The highest BCUT2D eigenvalue weighted by Gasteiger charge is 2.56. The highest BCUT2D eigenvalue weighted by atomic mass is 16.6. The molecule has 1 N–H and O–H groups in total. The van der Waals surface area contributed by atoms with Crippen LogP contribution in [0.1, 0.15) is 41.0 Å². The summed E-state index contributed by atoms with van der Waals surface area (Å²) >= 11 is 0. The van der Waals surface area contributed by atoms with E-state index in [1.807, 2.05) is 6.92 Å². The minimum atomic E-state index is -0.853. The Balaban J connectivity index is 2.52. The summed E-state index contributed by atoms with van der Waals surface area (Å²) < 4.78 is 10.2. The summed E-state index contributed by atoms with van der Waals surface area (Å²) in [4.78, 5) is 22.4. The van der Waals surface area contributed by atoms with Crippen molar-refractivity contribution < 1.29 is 19.1 Å². The number of hydrogen-bond donors (Lipinski definition) is 1. The van der Waals surface area contributed by atoms with Crippen LogP contribution in [0, 0.1) is 5.92 Å². The minimum Gasteiger partial charge on any atom is -0.444 e. The maximum absolute atomic E-state index is 11.5. The van der Waals surface area contributed by atoms with E-state index in [-0.39, 0.29) is 5.92 Å². The lowest BCUT2D eigenvalue weighted by atomic mass is 10.2. The zero-order valence-corrected chi connectivity index (χ0v) is 10.4. The third kappa shape index (κ3) is 3.40. The molecule has 0 radical (unpaired) electrons. The highest BCUT2D eigenvalue weighted by Crippen LogP contribution is 2.44. The van der Waals surface area contributed by atoms with Crippen LogP contribution in [0.2, 0.25) is 0 Å². The summed E-state index contributed by atoms with van der Waals surface area (Å²) in [5.41, 5.74) is -1.41. The van der Waals surface area contributed by atoms with E-state index >= 15 is 0 Å². The Morgan fingerprint density at radius 2 is 1.88 bits per heavy atom. The predicted molar refractivity (Wildman–Crippen MR) is 57.6 cm³/mol. The number of carbonyl (C=O) groups is 2. The van der Waals surface area contributed by atoms with Gasteiger partial charge in [-0.2, -0.15) is 0 Å². The molecule has 92 valence electrons. The number of ether oxygens (including phenoxy) is 2. The molecular formula is C11H19NO4. The van der Waals surface area contributed by atoms with Gasteiger partial charge in [0.1, 0.15) is 5.60 Å². The molecule has 0 heterocycles. The third-order valence-corrected chi connectivity index (χ3v) is 2.28. The summed E-state index contributed by atoms with van der Waals surface area (Å²) in [6.45, 7) is 8.56. The van der Waals surface area contributed by atoms with Crippen LogP contribution in [-0.2, 0) is 14.3 Å². The van der Waals surface area contributed by atoms with Crippen molar-refractivity contribution in [2.45, 2.75) is 52.4 Å². The highest BCUT2D eigenvalue weighted by molar-refractivity contribution is 5.71. The molecule has 0 aromatic heterocycles. The summed E-state index contributed by atoms with van der Waals surface area (Å²) in [5.74, 6) is -0.274. The minimum absolute atomic E-state index is 0.129. The van der Waals surface area contributed by atoms with Crippen molar-refractivity contribution in [1.82, 2.24) is 5.32 Å². The first kappa shape index (κ1) is 12.8. The smallest absolute Gasteiger partial charge is 0.410 e. The van der Waals surface area contributed by atoms with E-state index in [2.05, 4.69) is 5.32 Å². The van der Waals surface area contributed by atoms with Gasteiger partial charge >= 0.3 is 12.1 Å². The molecular weight excluding hydrogens is 210 g/mol. The molecule has 5 heteroatoms. The summed E-state index contributed by atoms with van der Waals surface area (Å²) in [5, 5.41) is 2.60. The Hall–Kier alpha value is -1.26. The molecule has 0 aliphatic heterocycles. The van der Waals surface area contributed by atoms with Crippen molar-refractivity contribution in [1.29, 1.82) is 0 Å². The Morgan fingerprint density at radius 1 is 1.38 bits per heavy atom. The van der Waals surface area contributed by atoms with Crippen LogP contribution in [0.3, 0.4) is 0 Å². The van der Waals surface area contributed by atoms with Crippen molar-refractivity contribution in [3.8, 4) is 0 Å². The van der Waals surface area contributed by atoms with E-state index < -0.39 is 23.4 Å². The van der Waals surface area contributed by atoms with Gasteiger partial charge in [0.05, 0.1) is 0 Å². The number of hydrogen-bond acceptors (Lipinski definition) is 4. The van der Waals surface area contributed by atoms with E-state index in [0.29, 0.717) is 6.42 Å². The summed E-state index contributed by atoms with van der Waals surface area (Å²) in [7, 11) is 0. The molecule has 2 unspecified atom stereocenters. The van der Waals surface area contributed by atoms with Gasteiger partial charge in [-0.05, 0) is 20.8 Å². The normalized spacial score (nSPS) is 28.2. The molecule has 1 aliphatic rings. The summed E-state index contributed by atoms with van der Waals surface area (Å²) in [6.07, 6.45) is 0.0735. The average molecular weight is 229 g/mol. The molecule has 1 rings (SSSR count). The first-order chi connectivity index (χ1) is 7.15. The van der Waals surface area contributed by atoms with E-state index in [4.69, 9.17) is 9.47 Å². The SMILES string of the molecule is CC(=O)OC1(NC(=O)OC(C)(C)C)CC1C. The van der Waals surface area contributed by atoms with Gasteiger partial charge in [0, 0.05) is 19.3 Å². The zero-order valence-electron chi connectivity index (χ0n) is 10.4. The van der Waals surface area contributed by atoms with Gasteiger partial charge in [0.25, 0.3) is 0 Å². The lowest BCUT2D eigenvalue weighted by Gasteiger charge is -2.23. The maximum Gasteiger partial charge on any atom is 0.410 e. The second kappa shape index (κ2) is 3.96. The number of amides is 1. The van der Waals surface area contributed by atoms with Crippen LogP contribution in [0.15, 0.2) is 0 Å². The number of nitrogens with one attached hydrogen (secondary N) is 1. The quantitative estimate of drug-likeness (QED) is 0.579. The van der Waals surface area contributed by atoms with Gasteiger partial charge in [0.15, 0.2) is 5.72 Å². The van der Waals surface area contributed by atoms with Crippen LogP contribution in [0.25, 0.3) is 0 Å². The lowest BCUT2D eigenvalue weighted by molar-refractivity contribution is -0.151. The van der Waals surface area contributed by atoms with Crippen molar-refractivity contribution in [3.63, 3.8) is 0 Å². The molecule has 0 bridgehead atoms.